The van der Waals surface area contributed by atoms with Crippen LogP contribution in [-0.4, -0.2) is 40.9 Å². The molecule has 0 aliphatic heterocycles. The molecule has 0 unspecified atom stereocenters. The van der Waals surface area contributed by atoms with Crippen LogP contribution < -0.4 is 14.2 Å². The van der Waals surface area contributed by atoms with Gasteiger partial charge in [0.15, 0.2) is 11.5 Å². The van der Waals surface area contributed by atoms with Gasteiger partial charge in [-0.3, -0.25) is 0 Å². The molecule has 1 rings (SSSR count). The van der Waals surface area contributed by atoms with Gasteiger partial charge in [0.2, 0.25) is 10.0 Å². The van der Waals surface area contributed by atoms with Crippen molar-refractivity contribution in [2.45, 2.75) is 24.7 Å². The van der Waals surface area contributed by atoms with Crippen LogP contribution >= 0.6 is 0 Å². The first-order chi connectivity index (χ1) is 10.4. The van der Waals surface area contributed by atoms with Gasteiger partial charge in [0.25, 0.3) is 0 Å². The lowest BCUT2D eigenvalue weighted by atomic mass is 10.1. The van der Waals surface area contributed by atoms with Gasteiger partial charge in [-0.2, -0.15) is 0 Å². The smallest absolute Gasteiger partial charge is 0.243 e. The second-order valence-electron chi connectivity index (χ2n) is 4.97. The third kappa shape index (κ3) is 4.82. The van der Waals surface area contributed by atoms with Crippen LogP contribution in [0.2, 0.25) is 0 Å². The predicted octanol–water partition coefficient (Wildman–Crippen LogP) is 1.53. The molecule has 6 nitrogen and oxygen atoms in total. The van der Waals surface area contributed by atoms with Gasteiger partial charge in [-0.15, -0.1) is 0 Å². The lowest BCUT2D eigenvalue weighted by Crippen LogP contribution is -2.26. The Kier molecular flexibility index (Phi) is 7.05. The van der Waals surface area contributed by atoms with E-state index in [1.807, 2.05) is 6.92 Å². The molecule has 1 aromatic carbocycles. The highest BCUT2D eigenvalue weighted by atomic mass is 32.2. The maximum atomic E-state index is 14.0. The summed E-state index contributed by atoms with van der Waals surface area (Å²) in [6.07, 6.45) is 1.23. The standard InChI is InChI=1S/C14H22FNO5S/c1-10(9-17)5-4-6-16-22(18,19)14-8-13(21-3)12(20-2)7-11(14)15/h7-8,10,16-17H,4-6,9H2,1-3H3/t10-/m0/s1. The molecule has 1 aromatic rings. The molecular weight excluding hydrogens is 313 g/mol. The van der Waals surface area contributed by atoms with Crippen LogP contribution in [-0.2, 0) is 10.0 Å². The van der Waals surface area contributed by atoms with Gasteiger partial charge in [0.1, 0.15) is 10.7 Å². The minimum atomic E-state index is -3.98. The molecule has 0 fully saturated rings. The van der Waals surface area contributed by atoms with Gasteiger partial charge >= 0.3 is 0 Å². The van der Waals surface area contributed by atoms with Gasteiger partial charge < -0.3 is 14.6 Å². The van der Waals surface area contributed by atoms with Crippen molar-refractivity contribution < 1.29 is 27.4 Å². The lowest BCUT2D eigenvalue weighted by molar-refractivity contribution is 0.228. The summed E-state index contributed by atoms with van der Waals surface area (Å²) in [5.41, 5.74) is 0. The van der Waals surface area contributed by atoms with Crippen molar-refractivity contribution in [2.24, 2.45) is 5.92 Å². The van der Waals surface area contributed by atoms with Crippen molar-refractivity contribution in [2.75, 3.05) is 27.4 Å². The SMILES string of the molecule is COc1cc(F)c(S(=O)(=O)NCCC[C@H](C)CO)cc1OC. The van der Waals surface area contributed by atoms with E-state index in [-0.39, 0.29) is 30.6 Å². The highest BCUT2D eigenvalue weighted by molar-refractivity contribution is 7.89. The molecule has 0 aliphatic carbocycles. The number of nitrogens with one attached hydrogen (secondary N) is 1. The quantitative estimate of drug-likeness (QED) is 0.669. The maximum Gasteiger partial charge on any atom is 0.243 e. The third-order valence-electron chi connectivity index (χ3n) is 3.21. The zero-order chi connectivity index (χ0) is 16.8. The summed E-state index contributed by atoms with van der Waals surface area (Å²) in [6, 6.07) is 2.06. The van der Waals surface area contributed by atoms with E-state index >= 15 is 0 Å². The minimum absolute atomic E-state index is 0.0526. The number of methoxy groups -OCH3 is 2. The Balaban J connectivity index is 2.84. The highest BCUT2D eigenvalue weighted by Gasteiger charge is 2.22. The van der Waals surface area contributed by atoms with Gasteiger partial charge in [-0.1, -0.05) is 6.92 Å². The molecule has 2 N–H and O–H groups in total. The summed E-state index contributed by atoms with van der Waals surface area (Å²) in [6.45, 7) is 2.08. The molecule has 1 atom stereocenters. The molecule has 0 amide bonds. The number of hydrogen-bond donors (Lipinski definition) is 2. The molecular formula is C14H22FNO5S. The monoisotopic (exact) mass is 335 g/mol. The van der Waals surface area contributed by atoms with Crippen LogP contribution in [0.1, 0.15) is 19.8 Å². The number of hydrogen-bond acceptors (Lipinski definition) is 5. The predicted molar refractivity (Wildman–Crippen MR) is 80.2 cm³/mol. The zero-order valence-corrected chi connectivity index (χ0v) is 13.7. The van der Waals surface area contributed by atoms with Crippen LogP contribution in [0.15, 0.2) is 17.0 Å². The van der Waals surface area contributed by atoms with Crippen molar-refractivity contribution in [3.8, 4) is 11.5 Å². The molecule has 0 aliphatic rings. The Morgan fingerprint density at radius 1 is 1.27 bits per heavy atom. The van der Waals surface area contributed by atoms with Crippen molar-refractivity contribution in [3.63, 3.8) is 0 Å². The van der Waals surface area contributed by atoms with E-state index in [2.05, 4.69) is 4.72 Å². The Bertz CT molecular complexity index is 591. The number of halogens is 1. The zero-order valence-electron chi connectivity index (χ0n) is 12.9. The lowest BCUT2D eigenvalue weighted by Gasteiger charge is -2.12. The molecule has 0 aromatic heterocycles. The van der Waals surface area contributed by atoms with E-state index in [9.17, 15) is 12.8 Å². The van der Waals surface area contributed by atoms with E-state index in [1.54, 1.807) is 0 Å². The number of rotatable bonds is 9. The Morgan fingerprint density at radius 2 is 1.86 bits per heavy atom. The molecule has 0 saturated carbocycles. The molecule has 0 radical (unpaired) electrons. The van der Waals surface area contributed by atoms with Crippen molar-refractivity contribution in [3.05, 3.63) is 17.9 Å². The van der Waals surface area contributed by atoms with Crippen LogP contribution in [0.5, 0.6) is 11.5 Å². The summed E-state index contributed by atoms with van der Waals surface area (Å²) < 4.78 is 50.5. The summed E-state index contributed by atoms with van der Waals surface area (Å²) >= 11 is 0. The Labute approximate surface area is 130 Å². The largest absolute Gasteiger partial charge is 0.493 e. The number of sulfonamides is 1. The molecule has 22 heavy (non-hydrogen) atoms. The third-order valence-corrected chi connectivity index (χ3v) is 4.68. The first-order valence-corrected chi connectivity index (χ1v) is 8.36. The Hall–Kier alpha value is -1.38. The second-order valence-corrected chi connectivity index (χ2v) is 6.70. The number of aliphatic hydroxyl groups excluding tert-OH is 1. The summed E-state index contributed by atoms with van der Waals surface area (Å²) in [7, 11) is -1.29. The van der Waals surface area contributed by atoms with Gasteiger partial charge in [-0.05, 0) is 18.8 Å². The van der Waals surface area contributed by atoms with Crippen LogP contribution in [0.25, 0.3) is 0 Å². The summed E-state index contributed by atoms with van der Waals surface area (Å²) in [5.74, 6) is -0.551. The normalized spacial score (nSPS) is 13.0. The van der Waals surface area contributed by atoms with Crippen LogP contribution in [0.4, 0.5) is 4.39 Å². The van der Waals surface area contributed by atoms with Crippen LogP contribution in [0.3, 0.4) is 0 Å². The van der Waals surface area contributed by atoms with Crippen LogP contribution in [0, 0.1) is 11.7 Å². The number of aliphatic hydroxyl groups is 1. The average Bonchev–Trinajstić information content (AvgIpc) is 2.50. The van der Waals surface area contributed by atoms with Crippen molar-refractivity contribution >= 4 is 10.0 Å². The maximum absolute atomic E-state index is 14.0. The fraction of sp³-hybridized carbons (Fsp3) is 0.571. The fourth-order valence-electron chi connectivity index (χ4n) is 1.87. The average molecular weight is 335 g/mol. The molecule has 8 heteroatoms. The van der Waals surface area contributed by atoms with Crippen molar-refractivity contribution in [1.82, 2.24) is 4.72 Å². The topological polar surface area (TPSA) is 84.9 Å². The second kappa shape index (κ2) is 8.30. The molecule has 0 spiro atoms. The van der Waals surface area contributed by atoms with E-state index in [0.29, 0.717) is 12.8 Å². The highest BCUT2D eigenvalue weighted by Crippen LogP contribution is 2.31. The number of benzene rings is 1. The van der Waals surface area contributed by atoms with E-state index in [1.165, 1.54) is 14.2 Å². The summed E-state index contributed by atoms with van der Waals surface area (Å²) in [5, 5.41) is 8.90. The number of ether oxygens (including phenoxy) is 2. The summed E-state index contributed by atoms with van der Waals surface area (Å²) in [4.78, 5) is -0.486. The molecule has 126 valence electrons. The van der Waals surface area contributed by atoms with Gasteiger partial charge in [0, 0.05) is 25.3 Å². The molecule has 0 bridgehead atoms. The molecule has 0 heterocycles. The minimum Gasteiger partial charge on any atom is -0.493 e. The first-order valence-electron chi connectivity index (χ1n) is 6.87. The Morgan fingerprint density at radius 3 is 2.41 bits per heavy atom. The van der Waals surface area contributed by atoms with E-state index in [0.717, 1.165) is 12.1 Å². The fourth-order valence-corrected chi connectivity index (χ4v) is 3.01. The first kappa shape index (κ1) is 18.7. The van der Waals surface area contributed by atoms with Gasteiger partial charge in [-0.25, -0.2) is 17.5 Å². The molecule has 0 saturated heterocycles. The van der Waals surface area contributed by atoms with E-state index in [4.69, 9.17) is 14.6 Å². The van der Waals surface area contributed by atoms with Gasteiger partial charge in [0.05, 0.1) is 14.2 Å². The van der Waals surface area contributed by atoms with Crippen molar-refractivity contribution in [1.29, 1.82) is 0 Å². The van der Waals surface area contributed by atoms with E-state index < -0.39 is 20.7 Å².